The predicted molar refractivity (Wildman–Crippen MR) is 112 cm³/mol. The van der Waals surface area contributed by atoms with Crippen LogP contribution in [-0.2, 0) is 11.2 Å². The van der Waals surface area contributed by atoms with Crippen molar-refractivity contribution in [3.63, 3.8) is 0 Å². The Morgan fingerprint density at radius 1 is 1.14 bits per heavy atom. The van der Waals surface area contributed by atoms with Gasteiger partial charge in [-0.25, -0.2) is 4.79 Å². The summed E-state index contributed by atoms with van der Waals surface area (Å²) in [6, 6.07) is 13.7. The van der Waals surface area contributed by atoms with E-state index in [1.165, 1.54) is 6.07 Å². The zero-order chi connectivity index (χ0) is 20.8. The Hall–Kier alpha value is -3.39. The van der Waals surface area contributed by atoms with Crippen LogP contribution in [0.3, 0.4) is 0 Å². The summed E-state index contributed by atoms with van der Waals surface area (Å²) >= 11 is 3.32. The largest absolute Gasteiger partial charge is 0.483 e. The SMILES string of the molecule is C=CCc1ccccc1OCC(=O)NNC(=O)c1cc2cc(Br)ccc2oc1=O. The number of allylic oxidation sites excluding steroid dienone is 1. The van der Waals surface area contributed by atoms with Crippen molar-refractivity contribution in [1.82, 2.24) is 10.9 Å². The van der Waals surface area contributed by atoms with Crippen LogP contribution in [0.1, 0.15) is 15.9 Å². The van der Waals surface area contributed by atoms with Crippen molar-refractivity contribution in [2.75, 3.05) is 6.61 Å². The van der Waals surface area contributed by atoms with E-state index in [0.717, 1.165) is 10.0 Å². The monoisotopic (exact) mass is 456 g/mol. The Kier molecular flexibility index (Phi) is 6.46. The lowest BCUT2D eigenvalue weighted by molar-refractivity contribution is -0.123. The summed E-state index contributed by atoms with van der Waals surface area (Å²) in [6.45, 7) is 3.37. The van der Waals surface area contributed by atoms with Crippen molar-refractivity contribution in [1.29, 1.82) is 0 Å². The minimum Gasteiger partial charge on any atom is -0.483 e. The number of hydrazine groups is 1. The normalized spacial score (nSPS) is 10.4. The van der Waals surface area contributed by atoms with Crippen LogP contribution in [0.4, 0.5) is 0 Å². The molecule has 2 N–H and O–H groups in total. The summed E-state index contributed by atoms with van der Waals surface area (Å²) in [5.41, 5.74) is 4.61. The number of fused-ring (bicyclic) bond motifs is 1. The molecule has 2 amide bonds. The van der Waals surface area contributed by atoms with Gasteiger partial charge in [0.25, 0.3) is 11.8 Å². The number of nitrogens with one attached hydrogen (secondary N) is 2. The van der Waals surface area contributed by atoms with Gasteiger partial charge in [-0.05, 0) is 42.3 Å². The van der Waals surface area contributed by atoms with Gasteiger partial charge < -0.3 is 9.15 Å². The summed E-state index contributed by atoms with van der Waals surface area (Å²) in [7, 11) is 0. The molecule has 0 saturated heterocycles. The number of ether oxygens (including phenoxy) is 1. The highest BCUT2D eigenvalue weighted by Crippen LogP contribution is 2.20. The van der Waals surface area contributed by atoms with Gasteiger partial charge in [-0.2, -0.15) is 0 Å². The molecule has 1 aromatic heterocycles. The molecular formula is C21H17BrN2O5. The number of hydrogen-bond acceptors (Lipinski definition) is 5. The molecule has 2 aromatic carbocycles. The molecule has 7 nitrogen and oxygen atoms in total. The highest BCUT2D eigenvalue weighted by molar-refractivity contribution is 9.10. The Morgan fingerprint density at radius 3 is 2.72 bits per heavy atom. The highest BCUT2D eigenvalue weighted by atomic mass is 79.9. The third-order valence-electron chi connectivity index (χ3n) is 3.95. The quantitative estimate of drug-likeness (QED) is 0.337. The van der Waals surface area contributed by atoms with E-state index in [-0.39, 0.29) is 12.2 Å². The first-order valence-corrected chi connectivity index (χ1v) is 9.41. The van der Waals surface area contributed by atoms with E-state index >= 15 is 0 Å². The van der Waals surface area contributed by atoms with Crippen LogP contribution in [0.25, 0.3) is 11.0 Å². The molecule has 0 spiro atoms. The van der Waals surface area contributed by atoms with Crippen LogP contribution in [0.15, 0.2) is 74.9 Å². The van der Waals surface area contributed by atoms with E-state index in [4.69, 9.17) is 9.15 Å². The van der Waals surface area contributed by atoms with E-state index in [1.54, 1.807) is 36.4 Å². The van der Waals surface area contributed by atoms with Crippen molar-refractivity contribution < 1.29 is 18.7 Å². The molecule has 0 aliphatic rings. The average Bonchev–Trinajstić information content (AvgIpc) is 2.71. The molecule has 0 unspecified atom stereocenters. The first kappa shape index (κ1) is 20.3. The topological polar surface area (TPSA) is 97.6 Å². The maximum atomic E-state index is 12.3. The smallest absolute Gasteiger partial charge is 0.349 e. The van der Waals surface area contributed by atoms with Crippen molar-refractivity contribution >= 4 is 38.7 Å². The fourth-order valence-corrected chi connectivity index (χ4v) is 2.97. The molecule has 0 bridgehead atoms. The molecule has 8 heteroatoms. The van der Waals surface area contributed by atoms with E-state index in [1.807, 2.05) is 12.1 Å². The number of rotatable bonds is 6. The molecule has 0 saturated carbocycles. The van der Waals surface area contributed by atoms with E-state index in [2.05, 4.69) is 33.4 Å². The van der Waals surface area contributed by atoms with Crippen LogP contribution in [0, 0.1) is 0 Å². The van der Waals surface area contributed by atoms with Crippen LogP contribution < -0.4 is 21.2 Å². The van der Waals surface area contributed by atoms with Gasteiger partial charge in [0.1, 0.15) is 16.9 Å². The van der Waals surface area contributed by atoms with Crippen LogP contribution in [-0.4, -0.2) is 18.4 Å². The number of amides is 2. The molecular weight excluding hydrogens is 440 g/mol. The highest BCUT2D eigenvalue weighted by Gasteiger charge is 2.15. The molecule has 0 fully saturated rings. The summed E-state index contributed by atoms with van der Waals surface area (Å²) in [6.07, 6.45) is 2.33. The minimum absolute atomic E-state index is 0.229. The molecule has 0 aliphatic heterocycles. The number of para-hydroxylation sites is 1. The Morgan fingerprint density at radius 2 is 1.93 bits per heavy atom. The third kappa shape index (κ3) is 5.11. The zero-order valence-electron chi connectivity index (χ0n) is 15.2. The lowest BCUT2D eigenvalue weighted by Gasteiger charge is -2.11. The molecule has 3 rings (SSSR count). The number of hydrogen-bond donors (Lipinski definition) is 2. The zero-order valence-corrected chi connectivity index (χ0v) is 16.8. The van der Waals surface area contributed by atoms with Gasteiger partial charge in [0.05, 0.1) is 0 Å². The molecule has 0 aliphatic carbocycles. The van der Waals surface area contributed by atoms with Crippen LogP contribution in [0.5, 0.6) is 5.75 Å². The average molecular weight is 457 g/mol. The molecule has 1 heterocycles. The van der Waals surface area contributed by atoms with Crippen LogP contribution in [0.2, 0.25) is 0 Å². The van der Waals surface area contributed by atoms with Gasteiger partial charge in [0, 0.05) is 9.86 Å². The van der Waals surface area contributed by atoms with Gasteiger partial charge in [-0.1, -0.05) is 40.2 Å². The maximum Gasteiger partial charge on any atom is 0.349 e. The molecule has 0 atom stereocenters. The van der Waals surface area contributed by atoms with Crippen molar-refractivity contribution in [2.24, 2.45) is 0 Å². The predicted octanol–water partition coefficient (Wildman–Crippen LogP) is 3.12. The van der Waals surface area contributed by atoms with Gasteiger partial charge in [0.15, 0.2) is 6.61 Å². The second-order valence-electron chi connectivity index (χ2n) is 6.02. The lowest BCUT2D eigenvalue weighted by atomic mass is 10.1. The molecule has 29 heavy (non-hydrogen) atoms. The first-order chi connectivity index (χ1) is 14.0. The fraction of sp³-hybridized carbons (Fsp3) is 0.0952. The Balaban J connectivity index is 1.61. The van der Waals surface area contributed by atoms with E-state index in [9.17, 15) is 14.4 Å². The summed E-state index contributed by atoms with van der Waals surface area (Å²) < 4.78 is 11.4. The molecule has 148 valence electrons. The van der Waals surface area contributed by atoms with E-state index in [0.29, 0.717) is 23.1 Å². The van der Waals surface area contributed by atoms with Crippen molar-refractivity contribution in [3.05, 3.63) is 87.2 Å². The molecule has 3 aromatic rings. The molecule has 0 radical (unpaired) electrons. The Labute approximate surface area is 174 Å². The first-order valence-electron chi connectivity index (χ1n) is 8.62. The van der Waals surface area contributed by atoms with Gasteiger partial charge in [0.2, 0.25) is 0 Å². The van der Waals surface area contributed by atoms with Crippen molar-refractivity contribution in [2.45, 2.75) is 6.42 Å². The fourth-order valence-electron chi connectivity index (χ4n) is 2.59. The van der Waals surface area contributed by atoms with Gasteiger partial charge in [-0.3, -0.25) is 20.4 Å². The van der Waals surface area contributed by atoms with E-state index < -0.39 is 17.4 Å². The van der Waals surface area contributed by atoms with Crippen molar-refractivity contribution in [3.8, 4) is 5.75 Å². The second kappa shape index (κ2) is 9.20. The Bertz CT molecular complexity index is 1140. The second-order valence-corrected chi connectivity index (χ2v) is 6.94. The third-order valence-corrected chi connectivity index (χ3v) is 4.44. The number of carbonyl (C=O) groups is 2. The number of halogens is 1. The van der Waals surface area contributed by atoms with Crippen LogP contribution >= 0.6 is 15.9 Å². The summed E-state index contributed by atoms with van der Waals surface area (Å²) in [5, 5.41) is 0.567. The number of benzene rings is 2. The minimum atomic E-state index is -0.804. The van der Waals surface area contributed by atoms with Gasteiger partial charge in [-0.15, -0.1) is 6.58 Å². The standard InChI is InChI=1S/C21H17BrN2O5/c1-2-5-13-6-3-4-7-17(13)28-12-19(25)23-24-20(26)16-11-14-10-15(22)8-9-18(14)29-21(16)27/h2-4,6-11H,1,5,12H2,(H,23,25)(H,24,26). The number of carbonyl (C=O) groups excluding carboxylic acids is 2. The lowest BCUT2D eigenvalue weighted by Crippen LogP contribution is -2.45. The maximum absolute atomic E-state index is 12.3. The summed E-state index contributed by atoms with van der Waals surface area (Å²) in [4.78, 5) is 36.3. The van der Waals surface area contributed by atoms with Gasteiger partial charge >= 0.3 is 5.63 Å². The summed E-state index contributed by atoms with van der Waals surface area (Å²) in [5.74, 6) is -0.824.